The molecule has 0 saturated heterocycles. The third-order valence-electron chi connectivity index (χ3n) is 8.15. The minimum atomic E-state index is -0.406. The Morgan fingerprint density at radius 3 is 1.49 bits per heavy atom. The Kier molecular flexibility index (Phi) is 28.9. The van der Waals surface area contributed by atoms with E-state index >= 15 is 0 Å². The second-order valence-corrected chi connectivity index (χ2v) is 12.8. The summed E-state index contributed by atoms with van der Waals surface area (Å²) in [4.78, 5) is 0. The van der Waals surface area contributed by atoms with E-state index in [2.05, 4.69) is 64.1 Å². The van der Waals surface area contributed by atoms with Crippen LogP contribution in [-0.2, 0) is 21.7 Å². The maximum Gasteiger partial charge on any atom is 4.00 e. The van der Waals surface area contributed by atoms with Crippen LogP contribution >= 0.6 is 0 Å². The fourth-order valence-electron chi connectivity index (χ4n) is 5.50. The maximum absolute atomic E-state index is 3.81. The summed E-state index contributed by atoms with van der Waals surface area (Å²) in [6.45, 7) is 9.44. The van der Waals surface area contributed by atoms with E-state index in [1.54, 1.807) is 16.0 Å². The normalized spacial score (nSPS) is 16.6. The Hall–Kier alpha value is 0.501. The average Bonchev–Trinajstić information content (AvgIpc) is 3.03. The number of unbranched alkanes of at least 4 members (excludes halogenated alkanes) is 15. The standard InChI is InChI=1S/C32H53Si.3ClH.Ti/c1-5-6-7-8-9-10-11-12-13-14-15-16-17-18-19-23-26-32(4)29(3)28(2)27-31(32)33-30-24-21-20-22-25-30;;;;/h20-22,24-25H,5-19,23,26,33H2,1-4H3;3*1H;/q-1;;;;+4/p-3. The first-order valence-electron chi connectivity index (χ1n) is 14.4. The molecule has 0 N–H and O–H groups in total. The number of rotatable bonds is 19. The first kappa shape index (κ1) is 42.0. The minimum absolute atomic E-state index is 0. The molecule has 2 rings (SSSR count). The van der Waals surface area contributed by atoms with E-state index in [0.717, 1.165) is 0 Å². The molecule has 1 aromatic rings. The first-order valence-corrected chi connectivity index (χ1v) is 15.8. The molecular formula is C32H53Cl3SiTi. The molecule has 0 saturated carbocycles. The third-order valence-corrected chi connectivity index (χ3v) is 10.3. The fraction of sp³-hybridized carbons (Fsp3) is 0.688. The van der Waals surface area contributed by atoms with E-state index in [0.29, 0.717) is 0 Å². The summed E-state index contributed by atoms with van der Waals surface area (Å²) in [6, 6.07) is 11.2. The van der Waals surface area contributed by atoms with Gasteiger partial charge >= 0.3 is 21.7 Å². The van der Waals surface area contributed by atoms with E-state index in [9.17, 15) is 0 Å². The van der Waals surface area contributed by atoms with Crippen LogP contribution in [0.2, 0.25) is 0 Å². The summed E-state index contributed by atoms with van der Waals surface area (Å²) < 4.78 is 0. The van der Waals surface area contributed by atoms with Crippen molar-refractivity contribution < 1.29 is 58.9 Å². The molecule has 0 nitrogen and oxygen atoms in total. The molecule has 210 valence electrons. The number of allylic oxidation sites excluding steroid dienone is 4. The molecule has 0 aromatic heterocycles. The Bertz CT molecular complexity index is 720. The van der Waals surface area contributed by atoms with E-state index in [1.807, 2.05) is 0 Å². The zero-order valence-electron chi connectivity index (χ0n) is 24.2. The first-order chi connectivity index (χ1) is 16.1. The van der Waals surface area contributed by atoms with Crippen LogP contribution in [0.25, 0.3) is 0 Å². The van der Waals surface area contributed by atoms with Crippen LogP contribution in [0.4, 0.5) is 0 Å². The number of benzene rings is 1. The molecule has 5 heteroatoms. The molecule has 1 atom stereocenters. The Morgan fingerprint density at radius 1 is 0.649 bits per heavy atom. The molecule has 1 unspecified atom stereocenters. The monoisotopic (exact) mass is 618 g/mol. The second kappa shape index (κ2) is 25.5. The van der Waals surface area contributed by atoms with Gasteiger partial charge in [0.05, 0.1) is 9.52 Å². The predicted octanol–water partition coefficient (Wildman–Crippen LogP) is 0.185. The summed E-state index contributed by atoms with van der Waals surface area (Å²) in [7, 11) is -0.406. The summed E-state index contributed by atoms with van der Waals surface area (Å²) in [5.74, 6) is 0. The molecule has 0 radical (unpaired) electrons. The predicted molar refractivity (Wildman–Crippen MR) is 152 cm³/mol. The number of halogens is 3. The number of hydrogen-bond donors (Lipinski definition) is 0. The van der Waals surface area contributed by atoms with Crippen molar-refractivity contribution in [2.75, 3.05) is 0 Å². The van der Waals surface area contributed by atoms with Gasteiger partial charge in [0, 0.05) is 0 Å². The van der Waals surface area contributed by atoms with Gasteiger partial charge in [-0.25, -0.2) is 11.1 Å². The van der Waals surface area contributed by atoms with Crippen molar-refractivity contribution >= 4 is 14.7 Å². The van der Waals surface area contributed by atoms with Crippen LogP contribution in [0.5, 0.6) is 0 Å². The van der Waals surface area contributed by atoms with Crippen molar-refractivity contribution in [2.45, 2.75) is 137 Å². The van der Waals surface area contributed by atoms with Crippen LogP contribution in [0.1, 0.15) is 137 Å². The van der Waals surface area contributed by atoms with Gasteiger partial charge in [-0.05, 0) is 0 Å². The van der Waals surface area contributed by atoms with E-state index in [1.165, 1.54) is 115 Å². The molecule has 1 aromatic carbocycles. The van der Waals surface area contributed by atoms with Gasteiger partial charge in [-0.15, -0.1) is 6.92 Å². The number of hydrogen-bond acceptors (Lipinski definition) is 0. The summed E-state index contributed by atoms with van der Waals surface area (Å²) in [5.41, 5.74) is 3.27. The van der Waals surface area contributed by atoms with Gasteiger partial charge in [0.2, 0.25) is 0 Å². The second-order valence-electron chi connectivity index (χ2n) is 10.9. The van der Waals surface area contributed by atoms with Gasteiger partial charge in [-0.1, -0.05) is 171 Å². The molecule has 0 fully saturated rings. The van der Waals surface area contributed by atoms with Crippen molar-refractivity contribution in [1.82, 2.24) is 0 Å². The van der Waals surface area contributed by atoms with Crippen molar-refractivity contribution in [2.24, 2.45) is 5.41 Å². The van der Waals surface area contributed by atoms with Crippen LogP contribution in [0.15, 0.2) is 46.7 Å². The molecule has 1 aliphatic rings. The van der Waals surface area contributed by atoms with Gasteiger partial charge in [0.15, 0.2) is 0 Å². The van der Waals surface area contributed by atoms with Gasteiger partial charge in [-0.2, -0.15) is 5.20 Å². The molecule has 0 spiro atoms. The van der Waals surface area contributed by atoms with Gasteiger partial charge < -0.3 is 37.2 Å². The van der Waals surface area contributed by atoms with Crippen LogP contribution < -0.4 is 42.4 Å². The zero-order chi connectivity index (χ0) is 23.8. The molecule has 37 heavy (non-hydrogen) atoms. The van der Waals surface area contributed by atoms with Crippen LogP contribution in [-0.4, -0.2) is 9.52 Å². The van der Waals surface area contributed by atoms with Gasteiger partial charge in [0.1, 0.15) is 0 Å². The van der Waals surface area contributed by atoms with Crippen molar-refractivity contribution in [3.8, 4) is 0 Å². The van der Waals surface area contributed by atoms with Gasteiger partial charge in [0.25, 0.3) is 0 Å². The SMILES string of the molecule is CCCCCCCCCCCCCCCCCCC1(C)C([SiH2]c2ccccc2)=[C-]C(C)=C1C.[Cl-].[Cl-].[Cl-].[Ti+4]. The molecule has 0 aliphatic heterocycles. The molecule has 0 bridgehead atoms. The van der Waals surface area contributed by atoms with Crippen LogP contribution in [0.3, 0.4) is 0 Å². The third kappa shape index (κ3) is 16.4. The van der Waals surface area contributed by atoms with E-state index in [4.69, 9.17) is 0 Å². The molecular weight excluding hydrogens is 567 g/mol. The van der Waals surface area contributed by atoms with Crippen molar-refractivity contribution in [3.63, 3.8) is 0 Å². The van der Waals surface area contributed by atoms with Crippen molar-refractivity contribution in [1.29, 1.82) is 0 Å². The summed E-state index contributed by atoms with van der Waals surface area (Å²) in [6.07, 6.45) is 28.2. The molecule has 0 heterocycles. The maximum atomic E-state index is 3.81. The smallest absolute Gasteiger partial charge is 1.00 e. The molecule has 0 amide bonds. The molecule has 1 aliphatic carbocycles. The minimum Gasteiger partial charge on any atom is -1.00 e. The zero-order valence-corrected chi connectivity index (χ0v) is 29.5. The Balaban J connectivity index is -0.00000289. The largest absolute Gasteiger partial charge is 4.00 e. The van der Waals surface area contributed by atoms with Crippen molar-refractivity contribution in [3.05, 3.63) is 52.8 Å². The van der Waals surface area contributed by atoms with Gasteiger partial charge in [-0.3, -0.25) is 6.08 Å². The summed E-state index contributed by atoms with van der Waals surface area (Å²) >= 11 is 0. The van der Waals surface area contributed by atoms with Crippen LogP contribution in [0, 0.1) is 11.5 Å². The van der Waals surface area contributed by atoms with E-state index in [-0.39, 0.29) is 64.4 Å². The fourth-order valence-corrected chi connectivity index (χ4v) is 7.60. The Labute approximate surface area is 267 Å². The average molecular weight is 620 g/mol. The quantitative estimate of drug-likeness (QED) is 0.118. The van der Waals surface area contributed by atoms with E-state index < -0.39 is 9.52 Å². The summed E-state index contributed by atoms with van der Waals surface area (Å²) in [5, 5.41) is 3.20. The topological polar surface area (TPSA) is 0 Å². The Morgan fingerprint density at radius 2 is 1.05 bits per heavy atom.